The molecule has 10 heteroatoms. The number of aromatic nitrogens is 1. The van der Waals surface area contributed by atoms with E-state index in [1.54, 1.807) is 11.9 Å². The summed E-state index contributed by atoms with van der Waals surface area (Å²) in [6, 6.07) is 14.5. The highest BCUT2D eigenvalue weighted by molar-refractivity contribution is 7.92. The van der Waals surface area contributed by atoms with Gasteiger partial charge in [0.1, 0.15) is 11.6 Å². The number of benzene rings is 2. The summed E-state index contributed by atoms with van der Waals surface area (Å²) < 4.78 is 70.8. The molecule has 0 aliphatic carbocycles. The average molecular weight is 491 g/mol. The van der Waals surface area contributed by atoms with Gasteiger partial charge in [0.05, 0.1) is 0 Å². The smallest absolute Gasteiger partial charge is 0.268 e. The zero-order chi connectivity index (χ0) is 24.5. The average Bonchev–Trinajstić information content (AvgIpc) is 3.24. The van der Waals surface area contributed by atoms with Gasteiger partial charge in [-0.3, -0.25) is 9.62 Å². The molecular weight excluding hydrogens is 465 g/mol. The lowest BCUT2D eigenvalue weighted by molar-refractivity contribution is 0.326. The van der Waals surface area contributed by atoms with E-state index in [1.807, 2.05) is 22.9 Å². The van der Waals surface area contributed by atoms with Crippen molar-refractivity contribution in [2.24, 2.45) is 0 Å². The molecule has 1 unspecified atom stereocenters. The molecule has 34 heavy (non-hydrogen) atoms. The number of halogens is 3. The quantitative estimate of drug-likeness (QED) is 0.500. The highest BCUT2D eigenvalue weighted by Gasteiger charge is 2.32. The van der Waals surface area contributed by atoms with Crippen LogP contribution >= 0.6 is 0 Å². The van der Waals surface area contributed by atoms with Crippen LogP contribution in [0.2, 0.25) is 0 Å². The molecule has 6 nitrogen and oxygen atoms in total. The fourth-order valence-corrected chi connectivity index (χ4v) is 5.45. The van der Waals surface area contributed by atoms with Crippen LogP contribution in [0.15, 0.2) is 59.5 Å². The van der Waals surface area contributed by atoms with Gasteiger partial charge >= 0.3 is 0 Å². The Morgan fingerprint density at radius 3 is 2.56 bits per heavy atom. The lowest BCUT2D eigenvalue weighted by Crippen LogP contribution is -2.35. The van der Waals surface area contributed by atoms with Crippen molar-refractivity contribution >= 4 is 21.5 Å². The van der Waals surface area contributed by atoms with Crippen LogP contribution in [0, 0.1) is 24.5 Å². The van der Waals surface area contributed by atoms with Gasteiger partial charge in [-0.25, -0.2) is 22.2 Å². The molecule has 2 aromatic carbocycles. The molecule has 0 saturated carbocycles. The van der Waals surface area contributed by atoms with E-state index >= 15 is 4.39 Å². The van der Waals surface area contributed by atoms with Gasteiger partial charge in [-0.2, -0.15) is 4.39 Å². The van der Waals surface area contributed by atoms with E-state index < -0.39 is 32.5 Å². The molecule has 1 aromatic heterocycles. The third-order valence-corrected chi connectivity index (χ3v) is 7.43. The first-order chi connectivity index (χ1) is 16.2. The fraction of sp³-hybridized carbons (Fsp3) is 0.292. The van der Waals surface area contributed by atoms with E-state index in [-0.39, 0.29) is 23.1 Å². The fourth-order valence-electron chi connectivity index (χ4n) is 4.26. The summed E-state index contributed by atoms with van der Waals surface area (Å²) in [7, 11) is -2.92. The Kier molecular flexibility index (Phi) is 6.81. The van der Waals surface area contributed by atoms with Crippen LogP contribution < -0.4 is 9.62 Å². The maximum absolute atomic E-state index is 15.2. The van der Waals surface area contributed by atoms with Crippen molar-refractivity contribution in [2.45, 2.75) is 30.8 Å². The second-order valence-electron chi connectivity index (χ2n) is 8.37. The van der Waals surface area contributed by atoms with Crippen molar-refractivity contribution in [3.63, 3.8) is 0 Å². The van der Waals surface area contributed by atoms with Gasteiger partial charge in [0, 0.05) is 44.0 Å². The van der Waals surface area contributed by atoms with Crippen molar-refractivity contribution in [1.29, 1.82) is 0 Å². The Balaban J connectivity index is 1.55. The van der Waals surface area contributed by atoms with E-state index in [1.165, 1.54) is 24.6 Å². The lowest BCUT2D eigenvalue weighted by Gasteiger charge is -2.29. The molecule has 4 rings (SSSR count). The molecule has 180 valence electrons. The molecule has 0 bridgehead atoms. The van der Waals surface area contributed by atoms with E-state index in [0.29, 0.717) is 6.54 Å². The molecule has 0 spiro atoms. The molecule has 1 N–H and O–H groups in total. The van der Waals surface area contributed by atoms with Gasteiger partial charge in [-0.15, -0.1) is 0 Å². The van der Waals surface area contributed by atoms with E-state index in [2.05, 4.69) is 22.0 Å². The minimum atomic E-state index is -4.67. The van der Waals surface area contributed by atoms with E-state index in [0.717, 1.165) is 31.6 Å². The highest BCUT2D eigenvalue weighted by Crippen LogP contribution is 2.33. The number of anilines is 2. The predicted molar refractivity (Wildman–Crippen MR) is 125 cm³/mol. The number of likely N-dealkylation sites (N-methyl/N-ethyl adjacent to an activating group) is 1. The molecule has 0 radical (unpaired) electrons. The van der Waals surface area contributed by atoms with Crippen LogP contribution in [-0.4, -0.2) is 44.5 Å². The Bertz CT molecular complexity index is 1290. The second-order valence-corrected chi connectivity index (χ2v) is 9.99. The molecule has 1 fully saturated rings. The number of hydrogen-bond donors (Lipinski definition) is 1. The van der Waals surface area contributed by atoms with E-state index in [9.17, 15) is 17.2 Å². The van der Waals surface area contributed by atoms with Gasteiger partial charge in [0.15, 0.2) is 10.7 Å². The van der Waals surface area contributed by atoms with Crippen LogP contribution in [0.5, 0.6) is 0 Å². The Labute approximate surface area is 197 Å². The van der Waals surface area contributed by atoms with Gasteiger partial charge in [-0.1, -0.05) is 36.4 Å². The van der Waals surface area contributed by atoms with Crippen LogP contribution in [0.3, 0.4) is 0 Å². The number of nitrogens with zero attached hydrogens (tertiary/aromatic N) is 3. The van der Waals surface area contributed by atoms with Crippen molar-refractivity contribution in [1.82, 2.24) is 9.88 Å². The second kappa shape index (κ2) is 9.63. The van der Waals surface area contributed by atoms with Gasteiger partial charge < -0.3 is 4.90 Å². The summed E-state index contributed by atoms with van der Waals surface area (Å²) in [5, 5.41) is 0. The first-order valence-electron chi connectivity index (χ1n) is 10.8. The molecule has 0 amide bonds. The maximum atomic E-state index is 15.2. The SMILES string of the molecule is Cc1c(N(C)C2CCN(Cc3ccccc3)C2)cc(F)c(S(=O)(=O)Nc2cccc(F)n2)c1F. The Morgan fingerprint density at radius 2 is 1.85 bits per heavy atom. The number of rotatable bonds is 7. The number of likely N-dealkylation sites (tertiary alicyclic amines) is 1. The standard InChI is InChI=1S/C24H25F3N4O2S/c1-16-20(30(2)18-11-12-31(15-18)14-17-7-4-3-5-8-17)13-19(25)24(23(16)27)34(32,33)29-22-10-6-9-21(26)28-22/h3-10,13,18H,11-12,14-15H2,1-2H3,(H,28,29). The Morgan fingerprint density at radius 1 is 1.12 bits per heavy atom. The van der Waals surface area contributed by atoms with Gasteiger partial charge in [0.2, 0.25) is 5.95 Å². The highest BCUT2D eigenvalue weighted by atomic mass is 32.2. The largest absolute Gasteiger partial charge is 0.370 e. The number of pyridine rings is 1. The third kappa shape index (κ3) is 5.02. The van der Waals surface area contributed by atoms with Crippen LogP contribution in [0.25, 0.3) is 0 Å². The van der Waals surface area contributed by atoms with Crippen molar-refractivity contribution in [2.75, 3.05) is 29.8 Å². The first kappa shape index (κ1) is 24.0. The molecule has 2 heterocycles. The summed E-state index contributed by atoms with van der Waals surface area (Å²) in [4.78, 5) is 6.33. The summed E-state index contributed by atoms with van der Waals surface area (Å²) >= 11 is 0. The molecule has 1 atom stereocenters. The summed E-state index contributed by atoms with van der Waals surface area (Å²) in [6.07, 6.45) is 0.804. The van der Waals surface area contributed by atoms with Crippen molar-refractivity contribution in [3.05, 3.63) is 83.3 Å². The molecule has 1 aliphatic rings. The van der Waals surface area contributed by atoms with Gasteiger partial charge in [-0.05, 0) is 37.1 Å². The third-order valence-electron chi connectivity index (χ3n) is 6.04. The first-order valence-corrected chi connectivity index (χ1v) is 12.3. The molecular formula is C24H25F3N4O2S. The zero-order valence-electron chi connectivity index (χ0n) is 18.8. The number of nitrogens with one attached hydrogen (secondary N) is 1. The summed E-state index contributed by atoms with van der Waals surface area (Å²) in [6.45, 7) is 3.74. The summed E-state index contributed by atoms with van der Waals surface area (Å²) in [5.41, 5.74) is 1.48. The summed E-state index contributed by atoms with van der Waals surface area (Å²) in [5.74, 6) is -3.72. The molecule has 1 aliphatic heterocycles. The zero-order valence-corrected chi connectivity index (χ0v) is 19.6. The Hall–Kier alpha value is -3.11. The van der Waals surface area contributed by atoms with Crippen LogP contribution in [0.1, 0.15) is 17.5 Å². The topological polar surface area (TPSA) is 65.5 Å². The normalized spacial score (nSPS) is 16.6. The monoisotopic (exact) mass is 490 g/mol. The minimum Gasteiger partial charge on any atom is -0.370 e. The predicted octanol–water partition coefficient (Wildman–Crippen LogP) is 4.32. The van der Waals surface area contributed by atoms with E-state index in [4.69, 9.17) is 0 Å². The number of sulfonamides is 1. The minimum absolute atomic E-state index is 0.0120. The lowest BCUT2D eigenvalue weighted by atomic mass is 10.1. The van der Waals surface area contributed by atoms with Gasteiger partial charge in [0.25, 0.3) is 10.0 Å². The molecule has 1 saturated heterocycles. The van der Waals surface area contributed by atoms with Crippen molar-refractivity contribution < 1.29 is 21.6 Å². The maximum Gasteiger partial charge on any atom is 0.268 e. The number of hydrogen-bond acceptors (Lipinski definition) is 5. The molecule has 3 aromatic rings. The van der Waals surface area contributed by atoms with Crippen LogP contribution in [0.4, 0.5) is 24.7 Å². The van der Waals surface area contributed by atoms with Crippen LogP contribution in [-0.2, 0) is 16.6 Å². The van der Waals surface area contributed by atoms with Crippen molar-refractivity contribution in [3.8, 4) is 0 Å².